The average Bonchev–Trinajstić information content (AvgIpc) is 2.70. The van der Waals surface area contributed by atoms with Gasteiger partial charge in [-0.25, -0.2) is 4.98 Å². The normalized spacial score (nSPS) is 17.4. The Morgan fingerprint density at radius 3 is 2.72 bits per heavy atom. The van der Waals surface area contributed by atoms with Crippen molar-refractivity contribution in [3.8, 4) is 0 Å². The van der Waals surface area contributed by atoms with E-state index in [0.29, 0.717) is 12.2 Å². The van der Waals surface area contributed by atoms with Crippen molar-refractivity contribution < 1.29 is 13.2 Å². The first-order valence-electron chi connectivity index (χ1n) is 8.48. The van der Waals surface area contributed by atoms with Crippen LogP contribution in [-0.2, 0) is 12.7 Å². The largest absolute Gasteiger partial charge is 0.417 e. The molecule has 0 saturated carbocycles. The zero-order valence-electron chi connectivity index (χ0n) is 14.3. The number of nitrogens with one attached hydrogen (secondary N) is 1. The van der Waals surface area contributed by atoms with Gasteiger partial charge in [0.15, 0.2) is 5.65 Å². The van der Waals surface area contributed by atoms with Crippen LogP contribution in [-0.4, -0.2) is 40.5 Å². The summed E-state index contributed by atoms with van der Waals surface area (Å²) in [5.41, 5.74) is 1.23. The van der Waals surface area contributed by atoms with Gasteiger partial charge < -0.3 is 9.72 Å². The monoisotopic (exact) mass is 374 g/mol. The van der Waals surface area contributed by atoms with Crippen molar-refractivity contribution in [2.45, 2.75) is 38.9 Å². The van der Waals surface area contributed by atoms with Crippen LogP contribution in [0.4, 0.5) is 13.2 Å². The number of hydrogen-bond acceptors (Lipinski definition) is 3. The van der Waals surface area contributed by atoms with Gasteiger partial charge in [-0.2, -0.15) is 13.2 Å². The number of aromatic nitrogens is 2. The number of imidazole rings is 1. The fourth-order valence-corrected chi connectivity index (χ4v) is 3.47. The van der Waals surface area contributed by atoms with E-state index in [1.807, 2.05) is 13.8 Å². The van der Waals surface area contributed by atoms with Crippen LogP contribution in [0.5, 0.6) is 0 Å². The predicted molar refractivity (Wildman–Crippen MR) is 92.1 cm³/mol. The Labute approximate surface area is 150 Å². The van der Waals surface area contributed by atoms with Crippen LogP contribution in [0.2, 0.25) is 5.02 Å². The van der Waals surface area contributed by atoms with Gasteiger partial charge in [-0.05, 0) is 31.5 Å². The molecule has 3 rings (SSSR count). The number of hydrogen-bond donors (Lipinski definition) is 1. The molecule has 2 aromatic heterocycles. The number of nitrogens with zero attached hydrogens (tertiary/aromatic N) is 3. The molecule has 8 heteroatoms. The fourth-order valence-electron chi connectivity index (χ4n) is 3.21. The summed E-state index contributed by atoms with van der Waals surface area (Å²) < 4.78 is 41.1. The van der Waals surface area contributed by atoms with Crippen LogP contribution >= 0.6 is 11.6 Å². The first kappa shape index (κ1) is 18.5. The van der Waals surface area contributed by atoms with Gasteiger partial charge in [-0.1, -0.05) is 25.4 Å². The molecule has 0 radical (unpaired) electrons. The standard InChI is InChI=1S/C17H22ClF3N4/c1-11(2)15-14(10-24-6-3-4-22-5-7-24)25-9-12(17(19,20)21)8-13(18)16(25)23-15/h8-9,11,22H,3-7,10H2,1-2H3. The van der Waals surface area contributed by atoms with Crippen molar-refractivity contribution in [1.29, 1.82) is 0 Å². The molecule has 1 N–H and O–H groups in total. The molecular weight excluding hydrogens is 353 g/mol. The molecule has 1 saturated heterocycles. The molecule has 138 valence electrons. The quantitative estimate of drug-likeness (QED) is 0.883. The van der Waals surface area contributed by atoms with E-state index in [1.165, 1.54) is 4.40 Å². The summed E-state index contributed by atoms with van der Waals surface area (Å²) >= 11 is 6.12. The topological polar surface area (TPSA) is 32.6 Å². The van der Waals surface area contributed by atoms with Crippen molar-refractivity contribution in [3.05, 3.63) is 34.2 Å². The highest BCUT2D eigenvalue weighted by Crippen LogP contribution is 2.34. The molecule has 0 atom stereocenters. The van der Waals surface area contributed by atoms with Gasteiger partial charge in [0.1, 0.15) is 0 Å². The highest BCUT2D eigenvalue weighted by Gasteiger charge is 2.32. The van der Waals surface area contributed by atoms with Crippen LogP contribution < -0.4 is 5.32 Å². The number of halogens is 4. The van der Waals surface area contributed by atoms with E-state index in [2.05, 4.69) is 15.2 Å². The molecule has 0 aliphatic carbocycles. The molecule has 4 nitrogen and oxygen atoms in total. The maximum absolute atomic E-state index is 13.2. The SMILES string of the molecule is CC(C)c1nc2c(Cl)cc(C(F)(F)F)cn2c1CN1CCCNCC1. The van der Waals surface area contributed by atoms with Gasteiger partial charge in [0, 0.05) is 25.8 Å². The molecule has 1 fully saturated rings. The fraction of sp³-hybridized carbons (Fsp3) is 0.588. The molecular formula is C17H22ClF3N4. The maximum atomic E-state index is 13.2. The van der Waals surface area contributed by atoms with Crippen LogP contribution in [0.3, 0.4) is 0 Å². The second-order valence-corrected chi connectivity index (χ2v) is 7.15. The highest BCUT2D eigenvalue weighted by atomic mass is 35.5. The Morgan fingerprint density at radius 1 is 1.28 bits per heavy atom. The number of alkyl halides is 3. The van der Waals surface area contributed by atoms with Gasteiger partial charge in [0.2, 0.25) is 0 Å². The van der Waals surface area contributed by atoms with E-state index in [0.717, 1.165) is 56.3 Å². The van der Waals surface area contributed by atoms with E-state index < -0.39 is 11.7 Å². The molecule has 1 aliphatic rings. The second kappa shape index (κ2) is 7.13. The molecule has 0 unspecified atom stereocenters. The van der Waals surface area contributed by atoms with E-state index in [-0.39, 0.29) is 10.9 Å². The lowest BCUT2D eigenvalue weighted by atomic mass is 10.1. The smallest absolute Gasteiger partial charge is 0.315 e. The Bertz CT molecular complexity index is 746. The number of pyridine rings is 1. The van der Waals surface area contributed by atoms with Crippen LogP contribution in [0.15, 0.2) is 12.3 Å². The lowest BCUT2D eigenvalue weighted by molar-refractivity contribution is -0.137. The molecule has 0 bridgehead atoms. The average molecular weight is 375 g/mol. The van der Waals surface area contributed by atoms with Crippen molar-refractivity contribution in [3.63, 3.8) is 0 Å². The van der Waals surface area contributed by atoms with Gasteiger partial charge in [0.25, 0.3) is 0 Å². The highest BCUT2D eigenvalue weighted by molar-refractivity contribution is 6.33. The zero-order valence-corrected chi connectivity index (χ0v) is 15.1. The second-order valence-electron chi connectivity index (χ2n) is 6.75. The molecule has 25 heavy (non-hydrogen) atoms. The lowest BCUT2D eigenvalue weighted by Gasteiger charge is -2.21. The van der Waals surface area contributed by atoms with Gasteiger partial charge in [0.05, 0.1) is 22.0 Å². The van der Waals surface area contributed by atoms with Gasteiger partial charge in [-0.15, -0.1) is 0 Å². The minimum Gasteiger partial charge on any atom is -0.315 e. The molecule has 3 heterocycles. The van der Waals surface area contributed by atoms with Crippen LogP contribution in [0.1, 0.15) is 43.1 Å². The van der Waals surface area contributed by atoms with Crippen molar-refractivity contribution in [2.75, 3.05) is 26.2 Å². The summed E-state index contributed by atoms with van der Waals surface area (Å²) in [5.74, 6) is 0.102. The maximum Gasteiger partial charge on any atom is 0.417 e. The van der Waals surface area contributed by atoms with Crippen molar-refractivity contribution >= 4 is 17.2 Å². The molecule has 1 aliphatic heterocycles. The first-order chi connectivity index (χ1) is 11.8. The lowest BCUT2D eigenvalue weighted by Crippen LogP contribution is -2.28. The minimum absolute atomic E-state index is 0.0282. The summed E-state index contributed by atoms with van der Waals surface area (Å²) in [4.78, 5) is 6.80. The first-order valence-corrected chi connectivity index (χ1v) is 8.86. The molecule has 0 amide bonds. The third-order valence-corrected chi connectivity index (χ3v) is 4.76. The Balaban J connectivity index is 2.09. The van der Waals surface area contributed by atoms with E-state index >= 15 is 0 Å². The summed E-state index contributed by atoms with van der Waals surface area (Å²) in [6, 6.07) is 0.952. The van der Waals surface area contributed by atoms with Gasteiger partial charge in [-0.3, -0.25) is 4.90 Å². The van der Waals surface area contributed by atoms with E-state index in [9.17, 15) is 13.2 Å². The number of rotatable bonds is 3. The van der Waals surface area contributed by atoms with Crippen molar-refractivity contribution in [2.24, 2.45) is 0 Å². The zero-order chi connectivity index (χ0) is 18.2. The third kappa shape index (κ3) is 3.93. The molecule has 0 aromatic carbocycles. The third-order valence-electron chi connectivity index (χ3n) is 4.49. The summed E-state index contributed by atoms with van der Waals surface area (Å²) in [5, 5.41) is 3.36. The Kier molecular flexibility index (Phi) is 5.27. The summed E-state index contributed by atoms with van der Waals surface area (Å²) in [7, 11) is 0. The van der Waals surface area contributed by atoms with Gasteiger partial charge >= 0.3 is 6.18 Å². The molecule has 0 spiro atoms. The summed E-state index contributed by atoms with van der Waals surface area (Å²) in [6.45, 7) is 8.16. The van der Waals surface area contributed by atoms with Crippen LogP contribution in [0, 0.1) is 0 Å². The van der Waals surface area contributed by atoms with E-state index in [4.69, 9.17) is 11.6 Å². The minimum atomic E-state index is -4.44. The van der Waals surface area contributed by atoms with E-state index in [1.54, 1.807) is 0 Å². The Hall–Kier alpha value is -1.31. The molecule has 2 aromatic rings. The van der Waals surface area contributed by atoms with Crippen LogP contribution in [0.25, 0.3) is 5.65 Å². The Morgan fingerprint density at radius 2 is 2.04 bits per heavy atom. The number of fused-ring (bicyclic) bond motifs is 1. The predicted octanol–water partition coefficient (Wildman–Crippen LogP) is 3.93. The van der Waals surface area contributed by atoms with Crippen molar-refractivity contribution in [1.82, 2.24) is 19.6 Å². The summed E-state index contributed by atoms with van der Waals surface area (Å²) in [6.07, 6.45) is -2.31.